The molecule has 2 aromatic carbocycles. The third-order valence-electron chi connectivity index (χ3n) is 6.13. The Morgan fingerprint density at radius 2 is 1.51 bits per heavy atom. The lowest BCUT2D eigenvalue weighted by molar-refractivity contribution is -0.384. The van der Waals surface area contributed by atoms with Gasteiger partial charge < -0.3 is 15.1 Å². The quantitative estimate of drug-likeness (QED) is 0.337. The Balaban J connectivity index is 1.53. The van der Waals surface area contributed by atoms with Gasteiger partial charge in [-0.3, -0.25) is 20.2 Å². The van der Waals surface area contributed by atoms with E-state index in [1.165, 1.54) is 24.3 Å². The molecular formula is C23H24F3N5O3S. The van der Waals surface area contributed by atoms with E-state index in [4.69, 9.17) is 12.2 Å². The molecule has 12 heteroatoms. The molecule has 1 amide bonds. The van der Waals surface area contributed by atoms with Crippen LogP contribution in [-0.4, -0.2) is 42.1 Å². The van der Waals surface area contributed by atoms with Crippen LogP contribution in [0.2, 0.25) is 0 Å². The molecule has 35 heavy (non-hydrogen) atoms. The smallest absolute Gasteiger partial charge is 0.370 e. The summed E-state index contributed by atoms with van der Waals surface area (Å²) in [6.07, 6.45) is -0.814. The van der Waals surface area contributed by atoms with Gasteiger partial charge in [-0.25, -0.2) is 0 Å². The standard InChI is InChI=1S/C23H24F3N5O3S/c24-23(25,26)16-6-8-18(29-9-1-2-10-29)17(14-16)27-22(35)28-21(32)15-5-7-19(20(13-15)31(33)34)30-11-3-4-12-30/h5-8,13-14H,1-4,9-12H2,(H2,27,28,32,35). The molecule has 2 fully saturated rings. The first-order chi connectivity index (χ1) is 16.6. The van der Waals surface area contributed by atoms with Crippen LogP contribution in [0.15, 0.2) is 36.4 Å². The minimum atomic E-state index is -4.54. The molecule has 2 aliphatic heterocycles. The molecule has 0 saturated carbocycles. The van der Waals surface area contributed by atoms with Crippen LogP contribution in [0, 0.1) is 10.1 Å². The van der Waals surface area contributed by atoms with Gasteiger partial charge in [-0.15, -0.1) is 0 Å². The van der Waals surface area contributed by atoms with Gasteiger partial charge in [0, 0.05) is 37.8 Å². The Bertz CT molecular complexity index is 1150. The summed E-state index contributed by atoms with van der Waals surface area (Å²) in [7, 11) is 0. The molecule has 2 aliphatic rings. The Morgan fingerprint density at radius 3 is 2.09 bits per heavy atom. The molecular weight excluding hydrogens is 483 g/mol. The number of thiocarbonyl (C=S) groups is 1. The normalized spacial score (nSPS) is 15.9. The van der Waals surface area contributed by atoms with E-state index >= 15 is 0 Å². The van der Waals surface area contributed by atoms with Crippen molar-refractivity contribution in [3.63, 3.8) is 0 Å². The lowest BCUT2D eigenvalue weighted by atomic mass is 10.1. The number of nitro benzene ring substituents is 1. The van der Waals surface area contributed by atoms with Crippen LogP contribution < -0.4 is 20.4 Å². The van der Waals surface area contributed by atoms with Crippen LogP contribution in [0.25, 0.3) is 0 Å². The second-order valence-electron chi connectivity index (χ2n) is 8.49. The zero-order valence-corrected chi connectivity index (χ0v) is 19.5. The first kappa shape index (κ1) is 24.7. The number of rotatable bonds is 5. The summed E-state index contributed by atoms with van der Waals surface area (Å²) in [4.78, 5) is 27.7. The number of anilines is 3. The largest absolute Gasteiger partial charge is 0.416 e. The van der Waals surface area contributed by atoms with Crippen LogP contribution in [0.1, 0.15) is 41.6 Å². The number of benzene rings is 2. The van der Waals surface area contributed by atoms with Gasteiger partial charge in [-0.05, 0) is 68.2 Å². The highest BCUT2D eigenvalue weighted by atomic mass is 32.1. The molecule has 8 nitrogen and oxygen atoms in total. The average molecular weight is 508 g/mol. The highest BCUT2D eigenvalue weighted by molar-refractivity contribution is 7.80. The maximum Gasteiger partial charge on any atom is 0.416 e. The fourth-order valence-corrected chi connectivity index (χ4v) is 4.61. The van der Waals surface area contributed by atoms with Crippen molar-refractivity contribution in [3.05, 3.63) is 57.6 Å². The Kier molecular flexibility index (Phi) is 7.10. The van der Waals surface area contributed by atoms with Gasteiger partial charge in [0.05, 0.1) is 21.9 Å². The lowest BCUT2D eigenvalue weighted by Crippen LogP contribution is -2.35. The van der Waals surface area contributed by atoms with E-state index in [2.05, 4.69) is 10.6 Å². The third kappa shape index (κ3) is 5.64. The Labute approximate surface area is 205 Å². The summed E-state index contributed by atoms with van der Waals surface area (Å²) < 4.78 is 39.9. The molecule has 0 radical (unpaired) electrons. The van der Waals surface area contributed by atoms with E-state index in [9.17, 15) is 28.1 Å². The van der Waals surface area contributed by atoms with E-state index < -0.39 is 22.6 Å². The molecule has 2 saturated heterocycles. The summed E-state index contributed by atoms with van der Waals surface area (Å²) in [5.41, 5.74) is 0.120. The van der Waals surface area contributed by atoms with Crippen LogP contribution >= 0.6 is 12.2 Å². The number of amides is 1. The van der Waals surface area contributed by atoms with Crippen molar-refractivity contribution in [1.82, 2.24) is 5.32 Å². The second-order valence-corrected chi connectivity index (χ2v) is 8.90. The third-order valence-corrected chi connectivity index (χ3v) is 6.33. The predicted octanol–water partition coefficient (Wildman–Crippen LogP) is 4.94. The molecule has 4 rings (SSSR count). The van der Waals surface area contributed by atoms with E-state index in [1.54, 1.807) is 0 Å². The number of carbonyl (C=O) groups excluding carboxylic acids is 1. The van der Waals surface area contributed by atoms with E-state index in [-0.39, 0.29) is 22.1 Å². The van der Waals surface area contributed by atoms with Crippen molar-refractivity contribution in [2.24, 2.45) is 0 Å². The first-order valence-corrected chi connectivity index (χ1v) is 11.7. The van der Waals surface area contributed by atoms with Gasteiger partial charge in [0.2, 0.25) is 0 Å². The number of nitrogens with one attached hydrogen (secondary N) is 2. The molecule has 0 bridgehead atoms. The van der Waals surface area contributed by atoms with Crippen LogP contribution in [0.5, 0.6) is 0 Å². The van der Waals surface area contributed by atoms with Gasteiger partial charge in [-0.2, -0.15) is 13.2 Å². The molecule has 0 atom stereocenters. The maximum absolute atomic E-state index is 13.3. The minimum absolute atomic E-state index is 0.0209. The maximum atomic E-state index is 13.3. The zero-order valence-electron chi connectivity index (χ0n) is 18.7. The lowest BCUT2D eigenvalue weighted by Gasteiger charge is -2.23. The second kappa shape index (κ2) is 10.1. The van der Waals surface area contributed by atoms with Gasteiger partial charge in [-0.1, -0.05) is 0 Å². The van der Waals surface area contributed by atoms with Gasteiger partial charge in [0.25, 0.3) is 11.6 Å². The monoisotopic (exact) mass is 507 g/mol. The zero-order chi connectivity index (χ0) is 25.2. The van der Waals surface area contributed by atoms with Crippen molar-refractivity contribution in [2.75, 3.05) is 41.3 Å². The number of nitrogens with zero attached hydrogens (tertiary/aromatic N) is 3. The molecule has 2 N–H and O–H groups in total. The summed E-state index contributed by atoms with van der Waals surface area (Å²) in [6, 6.07) is 7.56. The molecule has 2 heterocycles. The molecule has 186 valence electrons. The topological polar surface area (TPSA) is 90.8 Å². The molecule has 0 unspecified atom stereocenters. The predicted molar refractivity (Wildman–Crippen MR) is 131 cm³/mol. The van der Waals surface area contributed by atoms with Gasteiger partial charge >= 0.3 is 6.18 Å². The molecule has 0 aromatic heterocycles. The van der Waals surface area contributed by atoms with Crippen molar-refractivity contribution in [2.45, 2.75) is 31.9 Å². The Hall–Kier alpha value is -3.41. The van der Waals surface area contributed by atoms with Crippen LogP contribution in [-0.2, 0) is 6.18 Å². The number of carbonyl (C=O) groups is 1. The summed E-state index contributed by atoms with van der Waals surface area (Å²) in [6.45, 7) is 2.81. The van der Waals surface area contributed by atoms with Crippen LogP contribution in [0.3, 0.4) is 0 Å². The van der Waals surface area contributed by atoms with Crippen LogP contribution in [0.4, 0.5) is 35.9 Å². The van der Waals surface area contributed by atoms with Gasteiger partial charge in [0.15, 0.2) is 5.11 Å². The Morgan fingerprint density at radius 1 is 0.943 bits per heavy atom. The average Bonchev–Trinajstić information content (AvgIpc) is 3.52. The first-order valence-electron chi connectivity index (χ1n) is 11.3. The summed E-state index contributed by atoms with van der Waals surface area (Å²) in [5.74, 6) is -0.701. The minimum Gasteiger partial charge on any atom is -0.370 e. The van der Waals surface area contributed by atoms with Crippen molar-refractivity contribution < 1.29 is 22.9 Å². The molecule has 0 spiro atoms. The number of nitro groups is 1. The number of hydrogen-bond donors (Lipinski definition) is 2. The van der Waals surface area contributed by atoms with E-state index in [0.717, 1.165) is 37.8 Å². The fourth-order valence-electron chi connectivity index (χ4n) is 4.41. The summed E-state index contributed by atoms with van der Waals surface area (Å²) in [5, 5.41) is 16.5. The van der Waals surface area contributed by atoms with Crippen molar-refractivity contribution >= 4 is 46.0 Å². The number of halogens is 3. The molecule has 0 aliphatic carbocycles. The number of hydrogen-bond acceptors (Lipinski definition) is 6. The SMILES string of the molecule is O=C(NC(=S)Nc1cc(C(F)(F)F)ccc1N1CCCC1)c1ccc(N2CCCC2)c([N+](=O)[O-])c1. The van der Waals surface area contributed by atoms with Crippen molar-refractivity contribution in [3.8, 4) is 0 Å². The van der Waals surface area contributed by atoms with Gasteiger partial charge in [0.1, 0.15) is 5.69 Å². The molecule has 2 aromatic rings. The highest BCUT2D eigenvalue weighted by Crippen LogP contribution is 2.36. The van der Waals surface area contributed by atoms with E-state index in [1.807, 2.05) is 9.80 Å². The van der Waals surface area contributed by atoms with E-state index in [0.29, 0.717) is 37.6 Å². The fraction of sp³-hybridized carbons (Fsp3) is 0.391. The number of alkyl halides is 3. The summed E-state index contributed by atoms with van der Waals surface area (Å²) >= 11 is 5.20. The van der Waals surface area contributed by atoms with Crippen molar-refractivity contribution in [1.29, 1.82) is 0 Å². The highest BCUT2D eigenvalue weighted by Gasteiger charge is 2.32.